The van der Waals surface area contributed by atoms with Crippen molar-refractivity contribution in [2.24, 2.45) is 5.16 Å². The Morgan fingerprint density at radius 3 is 2.18 bits per heavy atom. The van der Waals surface area contributed by atoms with Gasteiger partial charge >= 0.3 is 11.9 Å². The second-order valence-electron chi connectivity index (χ2n) is 3.80. The van der Waals surface area contributed by atoms with Gasteiger partial charge in [-0.1, -0.05) is 31.8 Å². The molecule has 0 aliphatic carbocycles. The molecule has 0 aromatic carbocycles. The van der Waals surface area contributed by atoms with Crippen LogP contribution in [0.3, 0.4) is 0 Å². The molecule has 0 spiro atoms. The quantitative estimate of drug-likeness (QED) is 0.298. The van der Waals surface area contributed by atoms with Crippen LogP contribution in [0.15, 0.2) is 5.16 Å². The number of carbonyl (C=O) groups is 2. The molecule has 0 aliphatic rings. The first-order valence-corrected chi connectivity index (χ1v) is 5.92. The van der Waals surface area contributed by atoms with Crippen molar-refractivity contribution in [1.82, 2.24) is 0 Å². The summed E-state index contributed by atoms with van der Waals surface area (Å²) in [4.78, 5) is 26.3. The van der Waals surface area contributed by atoms with E-state index in [1.807, 2.05) is 13.8 Å². The van der Waals surface area contributed by atoms with E-state index in [-0.39, 0.29) is 5.97 Å². The lowest BCUT2D eigenvalue weighted by molar-refractivity contribution is -0.143. The van der Waals surface area contributed by atoms with Crippen molar-refractivity contribution in [2.75, 3.05) is 0 Å². The molecule has 0 aromatic heterocycles. The van der Waals surface area contributed by atoms with Crippen LogP contribution in [0.25, 0.3) is 0 Å². The van der Waals surface area contributed by atoms with Gasteiger partial charge in [0.15, 0.2) is 0 Å². The van der Waals surface area contributed by atoms with Crippen LogP contribution in [0.2, 0.25) is 0 Å². The van der Waals surface area contributed by atoms with Crippen molar-refractivity contribution in [3.8, 4) is 0 Å². The third-order valence-electron chi connectivity index (χ3n) is 2.03. The fourth-order valence-electron chi connectivity index (χ4n) is 1.40. The molecule has 0 rings (SSSR count). The van der Waals surface area contributed by atoms with Gasteiger partial charge in [-0.05, 0) is 12.8 Å². The molecular formula is C12H21NO4. The highest BCUT2D eigenvalue weighted by Gasteiger charge is 2.18. The average Bonchev–Trinajstić information content (AvgIpc) is 2.22. The number of esters is 1. The largest absolute Gasteiger partial charge is 0.456 e. The number of oxime groups is 1. The van der Waals surface area contributed by atoms with Crippen molar-refractivity contribution in [1.29, 1.82) is 0 Å². The van der Waals surface area contributed by atoms with Crippen LogP contribution in [0.4, 0.5) is 0 Å². The average molecular weight is 243 g/mol. The molecule has 1 atom stereocenters. The molecule has 5 heteroatoms. The first kappa shape index (κ1) is 15.6. The maximum atomic E-state index is 11.0. The highest BCUT2D eigenvalue weighted by atomic mass is 16.7. The van der Waals surface area contributed by atoms with E-state index in [0.29, 0.717) is 18.6 Å². The fourth-order valence-corrected chi connectivity index (χ4v) is 1.40. The zero-order valence-electron chi connectivity index (χ0n) is 11.0. The molecule has 0 amide bonds. The number of hydrogen-bond acceptors (Lipinski definition) is 5. The Balaban J connectivity index is 4.73. The highest BCUT2D eigenvalue weighted by Crippen LogP contribution is 2.10. The van der Waals surface area contributed by atoms with Gasteiger partial charge in [0.05, 0.1) is 5.71 Å². The highest BCUT2D eigenvalue weighted by molar-refractivity contribution is 5.90. The first-order chi connectivity index (χ1) is 8.01. The molecule has 0 saturated heterocycles. The van der Waals surface area contributed by atoms with Crippen LogP contribution >= 0.6 is 0 Å². The molecule has 0 N–H and O–H groups in total. The predicted octanol–water partition coefficient (Wildman–Crippen LogP) is 2.44. The van der Waals surface area contributed by atoms with E-state index in [1.165, 1.54) is 13.8 Å². The van der Waals surface area contributed by atoms with Gasteiger partial charge in [-0.15, -0.1) is 0 Å². The SMILES string of the molecule is CCCC(=NOC(C)=O)C(CCC)OC(C)=O. The topological polar surface area (TPSA) is 65.0 Å². The summed E-state index contributed by atoms with van der Waals surface area (Å²) in [6.07, 6.45) is 2.64. The van der Waals surface area contributed by atoms with Crippen LogP contribution in [-0.4, -0.2) is 23.8 Å². The summed E-state index contributed by atoms with van der Waals surface area (Å²) in [6.45, 7) is 6.62. The van der Waals surface area contributed by atoms with E-state index < -0.39 is 12.1 Å². The second-order valence-corrected chi connectivity index (χ2v) is 3.80. The van der Waals surface area contributed by atoms with Gasteiger partial charge in [0.1, 0.15) is 6.10 Å². The van der Waals surface area contributed by atoms with Crippen LogP contribution in [0.1, 0.15) is 53.4 Å². The number of hydrogen-bond donors (Lipinski definition) is 0. The molecule has 0 aromatic rings. The summed E-state index contributed by atoms with van der Waals surface area (Å²) >= 11 is 0. The predicted molar refractivity (Wildman–Crippen MR) is 64.6 cm³/mol. The summed E-state index contributed by atoms with van der Waals surface area (Å²) in [5.74, 6) is -0.827. The third kappa shape index (κ3) is 7.49. The summed E-state index contributed by atoms with van der Waals surface area (Å²) in [5.41, 5.74) is 0.611. The molecule has 0 saturated carbocycles. The molecule has 1 unspecified atom stereocenters. The second kappa shape index (κ2) is 8.73. The maximum absolute atomic E-state index is 11.0. The lowest BCUT2D eigenvalue weighted by Crippen LogP contribution is -2.26. The van der Waals surface area contributed by atoms with E-state index >= 15 is 0 Å². The van der Waals surface area contributed by atoms with Crippen molar-refractivity contribution < 1.29 is 19.2 Å². The van der Waals surface area contributed by atoms with Crippen LogP contribution in [0.5, 0.6) is 0 Å². The van der Waals surface area contributed by atoms with Crippen molar-refractivity contribution in [3.63, 3.8) is 0 Å². The smallest absolute Gasteiger partial charge is 0.331 e. The minimum atomic E-state index is -0.475. The Hall–Kier alpha value is -1.39. The molecule has 0 fully saturated rings. The standard InChI is InChI=1S/C12H21NO4/c1-5-7-11(13-17-10(4)15)12(8-6-2)16-9(3)14/h12H,5-8H2,1-4H3. The van der Waals surface area contributed by atoms with Crippen LogP contribution in [0, 0.1) is 0 Å². The number of rotatable bonds is 7. The van der Waals surface area contributed by atoms with Gasteiger partial charge in [-0.3, -0.25) is 4.79 Å². The Morgan fingerprint density at radius 2 is 1.76 bits per heavy atom. The van der Waals surface area contributed by atoms with E-state index in [9.17, 15) is 9.59 Å². The summed E-state index contributed by atoms with van der Waals surface area (Å²) in [6, 6.07) is 0. The maximum Gasteiger partial charge on any atom is 0.331 e. The lowest BCUT2D eigenvalue weighted by atomic mass is 10.1. The minimum Gasteiger partial charge on any atom is -0.456 e. The monoisotopic (exact) mass is 243 g/mol. The molecule has 17 heavy (non-hydrogen) atoms. The summed E-state index contributed by atoms with van der Waals surface area (Å²) < 4.78 is 5.18. The van der Waals surface area contributed by atoms with Gasteiger partial charge in [0.25, 0.3) is 0 Å². The Labute approximate surface area is 102 Å². The molecule has 98 valence electrons. The van der Waals surface area contributed by atoms with E-state index in [2.05, 4.69) is 9.99 Å². The molecule has 0 radical (unpaired) electrons. The molecular weight excluding hydrogens is 222 g/mol. The van der Waals surface area contributed by atoms with Crippen LogP contribution in [-0.2, 0) is 19.2 Å². The van der Waals surface area contributed by atoms with Crippen molar-refractivity contribution in [2.45, 2.75) is 59.5 Å². The van der Waals surface area contributed by atoms with Gasteiger partial charge in [-0.2, -0.15) is 0 Å². The molecule has 0 heterocycles. The lowest BCUT2D eigenvalue weighted by Gasteiger charge is -2.17. The Bertz CT molecular complexity index is 286. The zero-order chi connectivity index (χ0) is 13.3. The molecule has 5 nitrogen and oxygen atoms in total. The van der Waals surface area contributed by atoms with Gasteiger partial charge in [-0.25, -0.2) is 4.79 Å². The van der Waals surface area contributed by atoms with Crippen molar-refractivity contribution in [3.05, 3.63) is 0 Å². The van der Waals surface area contributed by atoms with Crippen molar-refractivity contribution >= 4 is 17.7 Å². The third-order valence-corrected chi connectivity index (χ3v) is 2.03. The van der Waals surface area contributed by atoms with Gasteiger partial charge in [0, 0.05) is 13.8 Å². The molecule has 0 aliphatic heterocycles. The first-order valence-electron chi connectivity index (χ1n) is 5.92. The Kier molecular flexibility index (Phi) is 8.01. The zero-order valence-corrected chi connectivity index (χ0v) is 11.0. The fraction of sp³-hybridized carbons (Fsp3) is 0.750. The van der Waals surface area contributed by atoms with Gasteiger partial charge < -0.3 is 9.57 Å². The van der Waals surface area contributed by atoms with E-state index in [1.54, 1.807) is 0 Å². The van der Waals surface area contributed by atoms with Gasteiger partial charge in [0.2, 0.25) is 0 Å². The van der Waals surface area contributed by atoms with E-state index in [4.69, 9.17) is 4.74 Å². The normalized spacial score (nSPS) is 13.1. The van der Waals surface area contributed by atoms with Crippen LogP contribution < -0.4 is 0 Å². The summed E-state index contributed by atoms with van der Waals surface area (Å²) in [7, 11) is 0. The number of ether oxygens (including phenoxy) is 1. The summed E-state index contributed by atoms with van der Waals surface area (Å²) in [5, 5.41) is 3.77. The number of nitrogens with zero attached hydrogens (tertiary/aromatic N) is 1. The minimum absolute atomic E-state index is 0.352. The van der Waals surface area contributed by atoms with E-state index in [0.717, 1.165) is 12.8 Å². The molecule has 0 bridgehead atoms. The Morgan fingerprint density at radius 1 is 1.12 bits per heavy atom. The number of carbonyl (C=O) groups excluding carboxylic acids is 2.